The Kier molecular flexibility index (Phi) is 5.66. The van der Waals surface area contributed by atoms with Crippen LogP contribution in [0, 0.1) is 5.92 Å². The number of rotatable bonds is 5. The predicted octanol–water partition coefficient (Wildman–Crippen LogP) is -0.661. The summed E-state index contributed by atoms with van der Waals surface area (Å²) >= 11 is 0. The van der Waals surface area contributed by atoms with Crippen LogP contribution in [-0.4, -0.2) is 37.3 Å². The minimum atomic E-state index is -0.502. The third kappa shape index (κ3) is 5.09. The fourth-order valence-electron chi connectivity index (χ4n) is 0.730. The molecule has 4 heteroatoms. The van der Waals surface area contributed by atoms with E-state index in [4.69, 9.17) is 0 Å². The van der Waals surface area contributed by atoms with Crippen molar-refractivity contribution in [3.63, 3.8) is 0 Å². The molecule has 0 bridgehead atoms. The van der Waals surface area contributed by atoms with Crippen LogP contribution in [0.15, 0.2) is 0 Å². The summed E-state index contributed by atoms with van der Waals surface area (Å²) in [5.74, 6) is -0.0445. The molecule has 0 aliphatic heterocycles. The molecule has 72 valence electrons. The van der Waals surface area contributed by atoms with Gasteiger partial charge in [0.2, 0.25) is 5.91 Å². The molecule has 0 radical (unpaired) electrons. The van der Waals surface area contributed by atoms with Crippen molar-refractivity contribution in [2.24, 2.45) is 5.92 Å². The lowest BCUT2D eigenvalue weighted by Gasteiger charge is -2.12. The lowest BCUT2D eigenvalue weighted by Crippen LogP contribution is -2.38. The van der Waals surface area contributed by atoms with Gasteiger partial charge in [-0.15, -0.1) is 0 Å². The van der Waals surface area contributed by atoms with Gasteiger partial charge in [0.1, 0.15) is 0 Å². The Hall–Kier alpha value is -0.610. The molecule has 0 aliphatic carbocycles. The number of aliphatic hydroxyl groups is 1. The second-order valence-electron chi connectivity index (χ2n) is 3.11. The van der Waals surface area contributed by atoms with Crippen LogP contribution in [0.3, 0.4) is 0 Å². The Morgan fingerprint density at radius 1 is 1.42 bits per heavy atom. The van der Waals surface area contributed by atoms with Crippen molar-refractivity contribution in [1.29, 1.82) is 0 Å². The third-order valence-electron chi connectivity index (χ3n) is 1.48. The van der Waals surface area contributed by atoms with Gasteiger partial charge in [-0.2, -0.15) is 0 Å². The number of nitrogens with one attached hydrogen (secondary N) is 2. The molecule has 0 spiro atoms. The topological polar surface area (TPSA) is 61.4 Å². The van der Waals surface area contributed by atoms with Crippen LogP contribution in [-0.2, 0) is 4.79 Å². The molecule has 0 aliphatic rings. The molecule has 0 saturated heterocycles. The maximum atomic E-state index is 11.0. The summed E-state index contributed by atoms with van der Waals surface area (Å²) in [5.41, 5.74) is 0. The number of aliphatic hydroxyl groups excluding tert-OH is 1. The van der Waals surface area contributed by atoms with Crippen LogP contribution in [0.25, 0.3) is 0 Å². The van der Waals surface area contributed by atoms with Gasteiger partial charge < -0.3 is 15.7 Å². The predicted molar refractivity (Wildman–Crippen MR) is 47.8 cm³/mol. The second kappa shape index (κ2) is 5.97. The van der Waals surface area contributed by atoms with Crippen LogP contribution in [0.1, 0.15) is 13.8 Å². The number of carbonyl (C=O) groups excluding carboxylic acids is 1. The summed E-state index contributed by atoms with van der Waals surface area (Å²) < 4.78 is 0. The minimum absolute atomic E-state index is 0.0215. The third-order valence-corrected chi connectivity index (χ3v) is 1.48. The molecule has 0 rings (SSSR count). The zero-order valence-corrected chi connectivity index (χ0v) is 7.92. The first kappa shape index (κ1) is 11.4. The second-order valence-corrected chi connectivity index (χ2v) is 3.11. The highest BCUT2D eigenvalue weighted by Crippen LogP contribution is 1.90. The van der Waals surface area contributed by atoms with Crippen molar-refractivity contribution >= 4 is 5.91 Å². The highest BCUT2D eigenvalue weighted by Gasteiger charge is 2.08. The van der Waals surface area contributed by atoms with Crippen molar-refractivity contribution in [3.8, 4) is 0 Å². The quantitative estimate of drug-likeness (QED) is 0.518. The van der Waals surface area contributed by atoms with Crippen molar-refractivity contribution in [1.82, 2.24) is 10.6 Å². The van der Waals surface area contributed by atoms with E-state index in [1.807, 2.05) is 13.8 Å². The van der Waals surface area contributed by atoms with Crippen molar-refractivity contribution in [3.05, 3.63) is 0 Å². The van der Waals surface area contributed by atoms with E-state index < -0.39 is 6.10 Å². The summed E-state index contributed by atoms with van der Waals surface area (Å²) in [7, 11) is 1.76. The number of hydrogen-bond acceptors (Lipinski definition) is 3. The lowest BCUT2D eigenvalue weighted by molar-refractivity contribution is -0.124. The number of likely N-dealkylation sites (N-methyl/N-ethyl adjacent to an activating group) is 1. The van der Waals surface area contributed by atoms with Crippen LogP contribution in [0.4, 0.5) is 0 Å². The molecule has 12 heavy (non-hydrogen) atoms. The standard InChI is InChI=1S/C8H18N2O2/c1-6(2)8(12)10-5-7(11)4-9-3/h6-7,9,11H,4-5H2,1-3H3,(H,10,12)/t7-/m0/s1. The first-order valence-electron chi connectivity index (χ1n) is 4.18. The SMILES string of the molecule is CNC[C@H](O)CNC(=O)C(C)C. The monoisotopic (exact) mass is 174 g/mol. The Morgan fingerprint density at radius 3 is 2.42 bits per heavy atom. The normalized spacial score (nSPS) is 13.1. The lowest BCUT2D eigenvalue weighted by atomic mass is 10.2. The Balaban J connectivity index is 3.47. The maximum absolute atomic E-state index is 11.0. The van der Waals surface area contributed by atoms with Crippen molar-refractivity contribution in [2.45, 2.75) is 20.0 Å². The Morgan fingerprint density at radius 2 is 2.00 bits per heavy atom. The van der Waals surface area contributed by atoms with Gasteiger partial charge in [0.05, 0.1) is 6.10 Å². The van der Waals surface area contributed by atoms with Gasteiger partial charge in [-0.1, -0.05) is 13.8 Å². The average molecular weight is 174 g/mol. The number of amides is 1. The van der Waals surface area contributed by atoms with E-state index in [9.17, 15) is 9.90 Å². The first-order valence-corrected chi connectivity index (χ1v) is 4.18. The van der Waals surface area contributed by atoms with Crippen molar-refractivity contribution < 1.29 is 9.90 Å². The van der Waals surface area contributed by atoms with Crippen molar-refractivity contribution in [2.75, 3.05) is 20.1 Å². The fourth-order valence-corrected chi connectivity index (χ4v) is 0.730. The summed E-state index contributed by atoms with van der Waals surface area (Å²) in [6, 6.07) is 0. The van der Waals surface area contributed by atoms with E-state index >= 15 is 0 Å². The molecule has 0 aromatic heterocycles. The zero-order chi connectivity index (χ0) is 9.56. The molecular formula is C8H18N2O2. The van der Waals surface area contributed by atoms with E-state index in [1.54, 1.807) is 7.05 Å². The molecule has 1 amide bonds. The van der Waals surface area contributed by atoms with Gasteiger partial charge in [0, 0.05) is 19.0 Å². The molecule has 0 heterocycles. The summed E-state index contributed by atoms with van der Waals surface area (Å²) in [6.07, 6.45) is -0.502. The molecule has 0 aromatic carbocycles. The smallest absolute Gasteiger partial charge is 0.222 e. The molecular weight excluding hydrogens is 156 g/mol. The number of carbonyl (C=O) groups is 1. The van der Waals surface area contributed by atoms with Gasteiger partial charge in [-0.25, -0.2) is 0 Å². The molecule has 1 atom stereocenters. The minimum Gasteiger partial charge on any atom is -0.390 e. The van der Waals surface area contributed by atoms with E-state index in [0.717, 1.165) is 0 Å². The van der Waals surface area contributed by atoms with Crippen LogP contribution in [0.2, 0.25) is 0 Å². The highest BCUT2D eigenvalue weighted by atomic mass is 16.3. The van der Waals surface area contributed by atoms with Gasteiger partial charge >= 0.3 is 0 Å². The highest BCUT2D eigenvalue weighted by molar-refractivity contribution is 5.77. The van der Waals surface area contributed by atoms with Crippen LogP contribution < -0.4 is 10.6 Å². The van der Waals surface area contributed by atoms with E-state index in [2.05, 4.69) is 10.6 Å². The molecule has 0 saturated carbocycles. The van der Waals surface area contributed by atoms with Gasteiger partial charge in [0.15, 0.2) is 0 Å². The summed E-state index contributed by atoms with van der Waals surface area (Å²) in [6.45, 7) is 4.45. The van der Waals surface area contributed by atoms with E-state index in [-0.39, 0.29) is 11.8 Å². The van der Waals surface area contributed by atoms with E-state index in [0.29, 0.717) is 13.1 Å². The largest absolute Gasteiger partial charge is 0.390 e. The first-order chi connectivity index (χ1) is 5.57. The summed E-state index contributed by atoms with van der Waals surface area (Å²) in [5, 5.41) is 14.7. The average Bonchev–Trinajstić information content (AvgIpc) is 2.00. The molecule has 0 fully saturated rings. The zero-order valence-electron chi connectivity index (χ0n) is 7.92. The molecule has 0 unspecified atom stereocenters. The Labute approximate surface area is 73.3 Å². The van der Waals surface area contributed by atoms with Gasteiger partial charge in [-0.3, -0.25) is 4.79 Å². The van der Waals surface area contributed by atoms with Crippen LogP contribution >= 0.6 is 0 Å². The van der Waals surface area contributed by atoms with E-state index in [1.165, 1.54) is 0 Å². The van der Waals surface area contributed by atoms with Gasteiger partial charge in [0.25, 0.3) is 0 Å². The molecule has 3 N–H and O–H groups in total. The summed E-state index contributed by atoms with van der Waals surface area (Å²) in [4.78, 5) is 11.0. The Bertz CT molecular complexity index is 137. The molecule has 4 nitrogen and oxygen atoms in total. The molecule has 0 aromatic rings. The fraction of sp³-hybridized carbons (Fsp3) is 0.875. The maximum Gasteiger partial charge on any atom is 0.222 e. The number of hydrogen-bond donors (Lipinski definition) is 3. The van der Waals surface area contributed by atoms with Crippen LogP contribution in [0.5, 0.6) is 0 Å². The van der Waals surface area contributed by atoms with Gasteiger partial charge in [-0.05, 0) is 7.05 Å².